The van der Waals surface area contributed by atoms with Gasteiger partial charge in [0, 0.05) is 30.1 Å². The predicted molar refractivity (Wildman–Crippen MR) is 104 cm³/mol. The number of nitrogens with two attached hydrogens (primary N) is 2. The van der Waals surface area contributed by atoms with E-state index in [4.69, 9.17) is 16.5 Å². The van der Waals surface area contributed by atoms with E-state index >= 15 is 0 Å². The summed E-state index contributed by atoms with van der Waals surface area (Å²) in [5.74, 6) is 1.47. The van der Waals surface area contributed by atoms with Crippen LogP contribution in [-0.2, 0) is 24.7 Å². The Balaban J connectivity index is 1.64. The fourth-order valence-corrected chi connectivity index (χ4v) is 5.32. The van der Waals surface area contributed by atoms with Gasteiger partial charge in [-0.1, -0.05) is 30.7 Å². The molecule has 1 aromatic carbocycles. The van der Waals surface area contributed by atoms with Crippen LogP contribution in [0.15, 0.2) is 24.3 Å². The molecule has 1 aliphatic heterocycles. The van der Waals surface area contributed by atoms with Crippen molar-refractivity contribution in [2.45, 2.75) is 56.4 Å². The van der Waals surface area contributed by atoms with Crippen molar-refractivity contribution >= 4 is 11.8 Å². The van der Waals surface area contributed by atoms with Crippen LogP contribution in [-0.4, -0.2) is 29.1 Å². The molecule has 1 atom stereocenters. The summed E-state index contributed by atoms with van der Waals surface area (Å²) in [4.78, 5) is 11.9. The lowest BCUT2D eigenvalue weighted by Gasteiger charge is -2.31. The third-order valence-corrected chi connectivity index (χ3v) is 6.54. The molecule has 1 saturated heterocycles. The number of aromatic nitrogens is 2. The van der Waals surface area contributed by atoms with Gasteiger partial charge in [0.2, 0.25) is 5.95 Å². The average Bonchev–Trinajstić information content (AvgIpc) is 3.18. The van der Waals surface area contributed by atoms with Gasteiger partial charge in [0.15, 0.2) is 0 Å². The number of anilines is 2. The van der Waals surface area contributed by atoms with Crippen LogP contribution in [0.1, 0.15) is 48.1 Å². The molecule has 0 radical (unpaired) electrons. The minimum atomic E-state index is 0.0865. The van der Waals surface area contributed by atoms with Crippen molar-refractivity contribution in [2.24, 2.45) is 5.73 Å². The van der Waals surface area contributed by atoms with Crippen molar-refractivity contribution in [3.05, 3.63) is 46.6 Å². The van der Waals surface area contributed by atoms with Crippen LogP contribution in [0.3, 0.4) is 0 Å². The molecule has 1 fully saturated rings. The third kappa shape index (κ3) is 2.49. The van der Waals surface area contributed by atoms with Crippen LogP contribution >= 0.6 is 0 Å². The highest BCUT2D eigenvalue weighted by molar-refractivity contribution is 5.57. The lowest BCUT2D eigenvalue weighted by atomic mass is 9.76. The summed E-state index contributed by atoms with van der Waals surface area (Å²) in [6, 6.07) is 9.10. The highest BCUT2D eigenvalue weighted by atomic mass is 15.2. The van der Waals surface area contributed by atoms with E-state index < -0.39 is 0 Å². The maximum atomic E-state index is 6.21. The van der Waals surface area contributed by atoms with E-state index in [1.54, 1.807) is 0 Å². The Morgan fingerprint density at radius 1 is 1.08 bits per heavy atom. The second-order valence-corrected chi connectivity index (χ2v) is 8.34. The number of hydrogen-bond acceptors (Lipinski definition) is 5. The molecule has 3 aliphatic rings. The van der Waals surface area contributed by atoms with Crippen molar-refractivity contribution < 1.29 is 0 Å². The zero-order valence-electron chi connectivity index (χ0n) is 15.2. The van der Waals surface area contributed by atoms with Crippen molar-refractivity contribution in [2.75, 3.05) is 23.7 Å². The van der Waals surface area contributed by atoms with Crippen molar-refractivity contribution in [3.8, 4) is 0 Å². The lowest BCUT2D eigenvalue weighted by Crippen LogP contribution is -2.32. The Kier molecular flexibility index (Phi) is 3.67. The van der Waals surface area contributed by atoms with E-state index in [-0.39, 0.29) is 11.5 Å². The smallest absolute Gasteiger partial charge is 0.222 e. The van der Waals surface area contributed by atoms with E-state index in [0.717, 1.165) is 44.6 Å². The van der Waals surface area contributed by atoms with Crippen LogP contribution in [0.2, 0.25) is 0 Å². The second-order valence-electron chi connectivity index (χ2n) is 8.34. The van der Waals surface area contributed by atoms with Gasteiger partial charge in [-0.2, -0.15) is 4.98 Å². The summed E-state index contributed by atoms with van der Waals surface area (Å²) in [5.41, 5.74) is 18.0. The SMILES string of the molecule is Nc1nc(N2CCC(N)C2)c2c(n1)C1(CCCC2)Cc2ccccc2C1. The number of rotatable bonds is 1. The first-order valence-electron chi connectivity index (χ1n) is 9.89. The fraction of sp³-hybridized carbons (Fsp3) is 0.524. The molecule has 5 nitrogen and oxygen atoms in total. The molecular formula is C21H27N5. The molecule has 0 saturated carbocycles. The number of fused-ring (bicyclic) bond motifs is 3. The molecule has 2 aliphatic carbocycles. The topological polar surface area (TPSA) is 81.1 Å². The Hall–Kier alpha value is -2.14. The minimum Gasteiger partial charge on any atom is -0.368 e. The molecule has 0 bridgehead atoms. The highest BCUT2D eigenvalue weighted by Gasteiger charge is 2.43. The fourth-order valence-electron chi connectivity index (χ4n) is 5.32. The molecular weight excluding hydrogens is 322 g/mol. The zero-order chi connectivity index (χ0) is 17.7. The van der Waals surface area contributed by atoms with Gasteiger partial charge in [-0.15, -0.1) is 0 Å². The molecule has 1 spiro atoms. The summed E-state index contributed by atoms with van der Waals surface area (Å²) in [7, 11) is 0. The largest absolute Gasteiger partial charge is 0.368 e. The maximum Gasteiger partial charge on any atom is 0.222 e. The second kappa shape index (κ2) is 5.95. The standard InChI is InChI=1S/C21H27N5/c22-16-8-10-26(13-16)19-17-7-3-4-9-21(18(17)24-20(23)25-19)11-14-5-1-2-6-15(14)12-21/h1-2,5-6,16H,3-4,7-13,22H2,(H2,23,24,25). The minimum absolute atomic E-state index is 0.0865. The van der Waals surface area contributed by atoms with Crippen molar-refractivity contribution in [3.63, 3.8) is 0 Å². The zero-order valence-corrected chi connectivity index (χ0v) is 15.2. The Morgan fingerprint density at radius 2 is 1.85 bits per heavy atom. The van der Waals surface area contributed by atoms with Gasteiger partial charge < -0.3 is 16.4 Å². The van der Waals surface area contributed by atoms with Crippen LogP contribution in [0.25, 0.3) is 0 Å². The van der Waals surface area contributed by atoms with Crippen LogP contribution in [0, 0.1) is 0 Å². The first-order chi connectivity index (χ1) is 12.6. The molecule has 2 heterocycles. The average molecular weight is 349 g/mol. The van der Waals surface area contributed by atoms with Crippen LogP contribution in [0.4, 0.5) is 11.8 Å². The van der Waals surface area contributed by atoms with Crippen LogP contribution in [0.5, 0.6) is 0 Å². The Morgan fingerprint density at radius 3 is 2.54 bits per heavy atom. The summed E-state index contributed by atoms with van der Waals surface area (Å²) >= 11 is 0. The number of benzene rings is 1. The monoisotopic (exact) mass is 349 g/mol. The van der Waals surface area contributed by atoms with Gasteiger partial charge in [-0.3, -0.25) is 0 Å². The number of hydrogen-bond donors (Lipinski definition) is 2. The van der Waals surface area contributed by atoms with Gasteiger partial charge in [0.25, 0.3) is 0 Å². The Bertz CT molecular complexity index is 821. The lowest BCUT2D eigenvalue weighted by molar-refractivity contribution is 0.397. The molecule has 1 aromatic heterocycles. The van der Waals surface area contributed by atoms with Gasteiger partial charge in [0.05, 0.1) is 5.69 Å². The first-order valence-corrected chi connectivity index (χ1v) is 9.89. The van der Waals surface area contributed by atoms with E-state index in [9.17, 15) is 0 Å². The maximum absolute atomic E-state index is 6.21. The molecule has 2 aromatic rings. The summed E-state index contributed by atoms with van der Waals surface area (Å²) < 4.78 is 0. The quantitative estimate of drug-likeness (QED) is 0.826. The van der Waals surface area contributed by atoms with Gasteiger partial charge in [0.1, 0.15) is 5.82 Å². The van der Waals surface area contributed by atoms with Crippen LogP contribution < -0.4 is 16.4 Å². The number of nitrogen functional groups attached to an aromatic ring is 1. The molecule has 5 heteroatoms. The van der Waals surface area contributed by atoms with E-state index in [0.29, 0.717) is 5.95 Å². The number of nitrogens with zero attached hydrogens (tertiary/aromatic N) is 3. The van der Waals surface area contributed by atoms with Crippen molar-refractivity contribution in [1.29, 1.82) is 0 Å². The van der Waals surface area contributed by atoms with Crippen molar-refractivity contribution in [1.82, 2.24) is 9.97 Å². The molecule has 4 N–H and O–H groups in total. The van der Waals surface area contributed by atoms with E-state index in [2.05, 4.69) is 34.1 Å². The molecule has 136 valence electrons. The predicted octanol–water partition coefficient (Wildman–Crippen LogP) is 2.36. The summed E-state index contributed by atoms with van der Waals surface area (Å²) in [6.07, 6.45) is 7.85. The Labute approximate surface area is 154 Å². The third-order valence-electron chi connectivity index (χ3n) is 6.54. The van der Waals surface area contributed by atoms with Gasteiger partial charge in [-0.05, 0) is 49.7 Å². The summed E-state index contributed by atoms with van der Waals surface area (Å²) in [6.45, 7) is 1.84. The van der Waals surface area contributed by atoms with E-state index in [1.165, 1.54) is 41.6 Å². The van der Waals surface area contributed by atoms with Gasteiger partial charge in [-0.25, -0.2) is 4.98 Å². The van der Waals surface area contributed by atoms with E-state index in [1.807, 2.05) is 0 Å². The highest BCUT2D eigenvalue weighted by Crippen LogP contribution is 2.47. The molecule has 5 rings (SSSR count). The first kappa shape index (κ1) is 16.1. The summed E-state index contributed by atoms with van der Waals surface area (Å²) in [5, 5.41) is 0. The molecule has 0 amide bonds. The normalized spacial score (nSPS) is 23.7. The van der Waals surface area contributed by atoms with Gasteiger partial charge >= 0.3 is 0 Å². The molecule has 1 unspecified atom stereocenters. The molecule has 26 heavy (non-hydrogen) atoms.